The van der Waals surface area contributed by atoms with Crippen molar-refractivity contribution < 1.29 is 18.3 Å². The van der Waals surface area contributed by atoms with Gasteiger partial charge in [-0.1, -0.05) is 36.4 Å². The molecule has 0 spiro atoms. The lowest BCUT2D eigenvalue weighted by molar-refractivity contribution is 0.0534. The molecule has 0 aromatic heterocycles. The Kier molecular flexibility index (Phi) is 5.67. The van der Waals surface area contributed by atoms with Crippen molar-refractivity contribution >= 4 is 12.2 Å². The third kappa shape index (κ3) is 5.82. The molecule has 3 nitrogen and oxygen atoms in total. The SMILES string of the molecule is CC(C)(C)OC(=O)NCC=Cc1ccccc1C(F)F. The fraction of sp³-hybridized carbons (Fsp3) is 0.400. The molecule has 0 aliphatic carbocycles. The van der Waals surface area contributed by atoms with Gasteiger partial charge in [0.1, 0.15) is 5.60 Å². The zero-order chi connectivity index (χ0) is 15.2. The molecule has 0 fully saturated rings. The molecule has 5 heteroatoms. The lowest BCUT2D eigenvalue weighted by Gasteiger charge is -2.19. The van der Waals surface area contributed by atoms with Crippen LogP contribution in [0.25, 0.3) is 6.08 Å². The smallest absolute Gasteiger partial charge is 0.407 e. The van der Waals surface area contributed by atoms with E-state index in [1.54, 1.807) is 51.1 Å². The summed E-state index contributed by atoms with van der Waals surface area (Å²) in [4.78, 5) is 11.4. The number of amides is 1. The maximum Gasteiger partial charge on any atom is 0.407 e. The van der Waals surface area contributed by atoms with E-state index in [-0.39, 0.29) is 12.1 Å². The third-order valence-electron chi connectivity index (χ3n) is 2.29. The minimum Gasteiger partial charge on any atom is -0.444 e. The molecule has 1 aromatic rings. The van der Waals surface area contributed by atoms with Crippen LogP contribution in [0.3, 0.4) is 0 Å². The average molecular weight is 283 g/mol. The van der Waals surface area contributed by atoms with E-state index in [1.165, 1.54) is 6.07 Å². The highest BCUT2D eigenvalue weighted by molar-refractivity contribution is 5.68. The first-order valence-corrected chi connectivity index (χ1v) is 6.30. The molecule has 20 heavy (non-hydrogen) atoms. The van der Waals surface area contributed by atoms with Crippen LogP contribution in [-0.4, -0.2) is 18.2 Å². The van der Waals surface area contributed by atoms with Crippen LogP contribution in [0.15, 0.2) is 30.3 Å². The maximum atomic E-state index is 12.7. The second-order valence-corrected chi connectivity index (χ2v) is 5.21. The van der Waals surface area contributed by atoms with Crippen LogP contribution in [0.1, 0.15) is 38.3 Å². The molecule has 1 N–H and O–H groups in total. The fourth-order valence-corrected chi connectivity index (χ4v) is 1.50. The van der Waals surface area contributed by atoms with Crippen molar-refractivity contribution in [1.82, 2.24) is 5.32 Å². The fourth-order valence-electron chi connectivity index (χ4n) is 1.50. The zero-order valence-electron chi connectivity index (χ0n) is 11.8. The average Bonchev–Trinajstić information content (AvgIpc) is 2.33. The van der Waals surface area contributed by atoms with Crippen molar-refractivity contribution in [3.8, 4) is 0 Å². The molecule has 1 amide bonds. The van der Waals surface area contributed by atoms with Crippen molar-refractivity contribution in [3.63, 3.8) is 0 Å². The molecule has 1 aromatic carbocycles. The van der Waals surface area contributed by atoms with Gasteiger partial charge < -0.3 is 10.1 Å². The van der Waals surface area contributed by atoms with E-state index in [9.17, 15) is 13.6 Å². The molecule has 0 unspecified atom stereocenters. The van der Waals surface area contributed by atoms with E-state index in [0.717, 1.165) is 0 Å². The van der Waals surface area contributed by atoms with E-state index in [1.807, 2.05) is 0 Å². The molecular weight excluding hydrogens is 264 g/mol. The number of halogens is 2. The van der Waals surface area contributed by atoms with Crippen LogP contribution in [0, 0.1) is 0 Å². The minimum atomic E-state index is -2.52. The summed E-state index contributed by atoms with van der Waals surface area (Å²) >= 11 is 0. The van der Waals surface area contributed by atoms with Gasteiger partial charge in [0.15, 0.2) is 0 Å². The number of benzene rings is 1. The highest BCUT2D eigenvalue weighted by Crippen LogP contribution is 2.23. The Bertz CT molecular complexity index is 479. The van der Waals surface area contributed by atoms with Crippen LogP contribution >= 0.6 is 0 Å². The van der Waals surface area contributed by atoms with Crippen molar-refractivity contribution in [2.24, 2.45) is 0 Å². The summed E-state index contributed by atoms with van der Waals surface area (Å²) in [6, 6.07) is 6.24. The number of hydrogen-bond donors (Lipinski definition) is 1. The van der Waals surface area contributed by atoms with Gasteiger partial charge in [-0.25, -0.2) is 13.6 Å². The number of rotatable bonds is 4. The minimum absolute atomic E-state index is 0.0268. The van der Waals surface area contributed by atoms with Crippen LogP contribution in [-0.2, 0) is 4.74 Å². The molecule has 1 rings (SSSR count). The van der Waals surface area contributed by atoms with Gasteiger partial charge in [0.25, 0.3) is 6.43 Å². The molecule has 0 bridgehead atoms. The van der Waals surface area contributed by atoms with Crippen molar-refractivity contribution in [2.75, 3.05) is 6.54 Å². The quantitative estimate of drug-likeness (QED) is 0.901. The molecule has 0 aliphatic rings. The Labute approximate surface area is 117 Å². The van der Waals surface area contributed by atoms with E-state index in [2.05, 4.69) is 5.32 Å². The number of alkyl carbamates (subject to hydrolysis) is 1. The van der Waals surface area contributed by atoms with Crippen LogP contribution in [0.5, 0.6) is 0 Å². The monoisotopic (exact) mass is 283 g/mol. The van der Waals surface area contributed by atoms with Gasteiger partial charge in [0, 0.05) is 12.1 Å². The zero-order valence-corrected chi connectivity index (χ0v) is 11.8. The maximum absolute atomic E-state index is 12.7. The summed E-state index contributed by atoms with van der Waals surface area (Å²) in [6.45, 7) is 5.51. The standard InChI is InChI=1S/C15H19F2NO2/c1-15(2,3)20-14(19)18-10-6-8-11-7-4-5-9-12(11)13(16)17/h4-9,13H,10H2,1-3H3,(H,18,19). The number of hydrogen-bond acceptors (Lipinski definition) is 2. The summed E-state index contributed by atoms with van der Waals surface area (Å²) < 4.78 is 30.5. The Hall–Kier alpha value is -1.91. The summed E-state index contributed by atoms with van der Waals surface area (Å²) in [7, 11) is 0. The van der Waals surface area contributed by atoms with Crippen molar-refractivity contribution in [2.45, 2.75) is 32.8 Å². The van der Waals surface area contributed by atoms with Crippen molar-refractivity contribution in [3.05, 3.63) is 41.5 Å². The van der Waals surface area contributed by atoms with Crippen LogP contribution in [0.2, 0.25) is 0 Å². The molecule has 0 atom stereocenters. The lowest BCUT2D eigenvalue weighted by atomic mass is 10.1. The second kappa shape index (κ2) is 7.03. The number of carbonyl (C=O) groups excluding carboxylic acids is 1. The van der Waals surface area contributed by atoms with E-state index in [0.29, 0.717) is 5.56 Å². The Balaban J connectivity index is 2.52. The van der Waals surface area contributed by atoms with E-state index in [4.69, 9.17) is 4.74 Å². The summed E-state index contributed by atoms with van der Waals surface area (Å²) in [6.07, 6.45) is 0.100. The summed E-state index contributed by atoms with van der Waals surface area (Å²) in [5.74, 6) is 0. The van der Waals surface area contributed by atoms with E-state index < -0.39 is 18.1 Å². The Morgan fingerprint density at radius 2 is 2.00 bits per heavy atom. The number of nitrogens with one attached hydrogen (secondary N) is 1. The predicted octanol–water partition coefficient (Wildman–Crippen LogP) is 4.16. The topological polar surface area (TPSA) is 38.3 Å². The first kappa shape index (κ1) is 16.1. The van der Waals surface area contributed by atoms with Crippen LogP contribution < -0.4 is 5.32 Å². The van der Waals surface area contributed by atoms with E-state index >= 15 is 0 Å². The predicted molar refractivity (Wildman–Crippen MR) is 74.7 cm³/mol. The lowest BCUT2D eigenvalue weighted by Crippen LogP contribution is -2.32. The molecule has 0 saturated heterocycles. The molecular formula is C15H19F2NO2. The van der Waals surface area contributed by atoms with Gasteiger partial charge >= 0.3 is 6.09 Å². The first-order chi connectivity index (χ1) is 9.29. The first-order valence-electron chi connectivity index (χ1n) is 6.30. The molecule has 110 valence electrons. The Morgan fingerprint density at radius 1 is 1.35 bits per heavy atom. The third-order valence-corrected chi connectivity index (χ3v) is 2.29. The largest absolute Gasteiger partial charge is 0.444 e. The van der Waals surface area contributed by atoms with Gasteiger partial charge in [-0.3, -0.25) is 0 Å². The van der Waals surface area contributed by atoms with Gasteiger partial charge in [0.2, 0.25) is 0 Å². The molecule has 0 radical (unpaired) electrons. The number of ether oxygens (including phenoxy) is 1. The molecule has 0 aliphatic heterocycles. The van der Waals surface area contributed by atoms with Gasteiger partial charge in [-0.05, 0) is 26.3 Å². The molecule has 0 saturated carbocycles. The number of alkyl halides is 2. The molecule has 0 heterocycles. The summed E-state index contributed by atoms with van der Waals surface area (Å²) in [5.41, 5.74) is -0.148. The normalized spacial score (nSPS) is 11.9. The summed E-state index contributed by atoms with van der Waals surface area (Å²) in [5, 5.41) is 2.52. The highest BCUT2D eigenvalue weighted by atomic mass is 19.3. The van der Waals surface area contributed by atoms with Gasteiger partial charge in [-0.2, -0.15) is 0 Å². The Morgan fingerprint density at radius 3 is 2.60 bits per heavy atom. The van der Waals surface area contributed by atoms with Crippen molar-refractivity contribution in [1.29, 1.82) is 0 Å². The van der Waals surface area contributed by atoms with Crippen LogP contribution in [0.4, 0.5) is 13.6 Å². The van der Waals surface area contributed by atoms with Gasteiger partial charge in [0.05, 0.1) is 0 Å². The highest BCUT2D eigenvalue weighted by Gasteiger charge is 2.15. The second-order valence-electron chi connectivity index (χ2n) is 5.21. The van der Waals surface area contributed by atoms with Gasteiger partial charge in [-0.15, -0.1) is 0 Å². The number of carbonyl (C=O) groups is 1.